The Morgan fingerprint density at radius 1 is 1.38 bits per heavy atom. The molecule has 2 aromatic rings. The lowest BCUT2D eigenvalue weighted by Gasteiger charge is -2.17. The summed E-state index contributed by atoms with van der Waals surface area (Å²) < 4.78 is 0. The van der Waals surface area contributed by atoms with Crippen LogP contribution in [0.1, 0.15) is 37.3 Å². The van der Waals surface area contributed by atoms with E-state index in [2.05, 4.69) is 50.2 Å². The minimum atomic E-state index is 0.236. The second-order valence-corrected chi connectivity index (χ2v) is 4.65. The first-order valence-corrected chi connectivity index (χ1v) is 5.96. The largest absolute Gasteiger partial charge is 0.361 e. The standard InChI is InChI=1S/C14H20N2/c1-4-13(15)10(3)12-8-16-14-7-9(2)5-6-11(12)14/h5-8,10,13,16H,4,15H2,1-3H3/t10-,13-/m1/s1. The summed E-state index contributed by atoms with van der Waals surface area (Å²) in [5, 5.41) is 1.31. The summed E-state index contributed by atoms with van der Waals surface area (Å²) in [5.74, 6) is 0.404. The van der Waals surface area contributed by atoms with Crippen LogP contribution in [0.15, 0.2) is 24.4 Å². The molecular formula is C14H20N2. The van der Waals surface area contributed by atoms with Crippen LogP contribution in [-0.2, 0) is 0 Å². The van der Waals surface area contributed by atoms with Crippen LogP contribution in [0.4, 0.5) is 0 Å². The van der Waals surface area contributed by atoms with Gasteiger partial charge in [-0.25, -0.2) is 0 Å². The van der Waals surface area contributed by atoms with Crippen LogP contribution in [0.5, 0.6) is 0 Å². The van der Waals surface area contributed by atoms with E-state index in [0.717, 1.165) is 6.42 Å². The highest BCUT2D eigenvalue weighted by atomic mass is 14.7. The van der Waals surface area contributed by atoms with Crippen LogP contribution in [-0.4, -0.2) is 11.0 Å². The molecule has 0 aliphatic heterocycles. The predicted molar refractivity (Wildman–Crippen MR) is 69.7 cm³/mol. The van der Waals surface area contributed by atoms with Crippen LogP contribution in [0, 0.1) is 6.92 Å². The zero-order valence-corrected chi connectivity index (χ0v) is 10.2. The van der Waals surface area contributed by atoms with Gasteiger partial charge in [0, 0.05) is 23.1 Å². The van der Waals surface area contributed by atoms with Gasteiger partial charge in [-0.2, -0.15) is 0 Å². The fraction of sp³-hybridized carbons (Fsp3) is 0.429. The van der Waals surface area contributed by atoms with Crippen LogP contribution < -0.4 is 5.73 Å². The first-order valence-electron chi connectivity index (χ1n) is 5.96. The molecule has 0 aliphatic rings. The summed E-state index contributed by atoms with van der Waals surface area (Å²) in [5.41, 5.74) is 9.95. The zero-order valence-electron chi connectivity index (χ0n) is 10.2. The summed E-state index contributed by atoms with van der Waals surface area (Å²) in [4.78, 5) is 3.33. The molecule has 2 rings (SSSR count). The quantitative estimate of drug-likeness (QED) is 0.812. The minimum absolute atomic E-state index is 0.236. The Hall–Kier alpha value is -1.28. The predicted octanol–water partition coefficient (Wildman–Crippen LogP) is 3.32. The summed E-state index contributed by atoms with van der Waals surface area (Å²) in [6.45, 7) is 6.46. The van der Waals surface area contributed by atoms with E-state index in [9.17, 15) is 0 Å². The summed E-state index contributed by atoms with van der Waals surface area (Å²) in [6.07, 6.45) is 3.12. The lowest BCUT2D eigenvalue weighted by Crippen LogP contribution is -2.25. The Labute approximate surface area is 96.9 Å². The van der Waals surface area contributed by atoms with Gasteiger partial charge in [0.25, 0.3) is 0 Å². The number of rotatable bonds is 3. The van der Waals surface area contributed by atoms with Crippen molar-refractivity contribution in [3.8, 4) is 0 Å². The van der Waals surface area contributed by atoms with E-state index in [1.807, 2.05) is 0 Å². The SMILES string of the molecule is CC[C@@H](N)[C@H](C)c1c[nH]c2cc(C)ccc12. The first kappa shape index (κ1) is 11.2. The maximum absolute atomic E-state index is 6.11. The highest BCUT2D eigenvalue weighted by Gasteiger charge is 2.16. The Morgan fingerprint density at radius 2 is 2.12 bits per heavy atom. The van der Waals surface area contributed by atoms with E-state index >= 15 is 0 Å². The maximum atomic E-state index is 6.11. The lowest BCUT2D eigenvalue weighted by atomic mass is 9.92. The first-order chi connectivity index (χ1) is 7.63. The normalized spacial score (nSPS) is 15.2. The number of aromatic amines is 1. The third kappa shape index (κ3) is 1.85. The number of benzene rings is 1. The number of nitrogens with one attached hydrogen (secondary N) is 1. The number of aryl methyl sites for hydroxylation is 1. The van der Waals surface area contributed by atoms with E-state index in [-0.39, 0.29) is 6.04 Å². The molecular weight excluding hydrogens is 196 g/mol. The van der Waals surface area contributed by atoms with Crippen molar-refractivity contribution in [3.63, 3.8) is 0 Å². The monoisotopic (exact) mass is 216 g/mol. The van der Waals surface area contributed by atoms with E-state index in [0.29, 0.717) is 5.92 Å². The molecule has 86 valence electrons. The molecule has 0 radical (unpaired) electrons. The van der Waals surface area contributed by atoms with Crippen molar-refractivity contribution < 1.29 is 0 Å². The molecule has 0 saturated heterocycles. The van der Waals surface area contributed by atoms with Crippen molar-refractivity contribution in [3.05, 3.63) is 35.5 Å². The molecule has 0 fully saturated rings. The van der Waals surface area contributed by atoms with E-state index in [4.69, 9.17) is 5.73 Å². The molecule has 1 aromatic heterocycles. The minimum Gasteiger partial charge on any atom is -0.361 e. The van der Waals surface area contributed by atoms with Crippen LogP contribution in [0.25, 0.3) is 10.9 Å². The van der Waals surface area contributed by atoms with Crippen molar-refractivity contribution >= 4 is 10.9 Å². The summed E-state index contributed by atoms with van der Waals surface area (Å²) in [6, 6.07) is 6.77. The molecule has 0 spiro atoms. The molecule has 16 heavy (non-hydrogen) atoms. The van der Waals surface area contributed by atoms with Gasteiger partial charge in [-0.1, -0.05) is 26.0 Å². The number of aromatic nitrogens is 1. The molecule has 0 bridgehead atoms. The Bertz CT molecular complexity index is 484. The van der Waals surface area contributed by atoms with Gasteiger partial charge in [-0.3, -0.25) is 0 Å². The number of fused-ring (bicyclic) bond motifs is 1. The highest BCUT2D eigenvalue weighted by Crippen LogP contribution is 2.28. The maximum Gasteiger partial charge on any atom is 0.0459 e. The second-order valence-electron chi connectivity index (χ2n) is 4.65. The average Bonchev–Trinajstić information content (AvgIpc) is 2.69. The molecule has 1 heterocycles. The Balaban J connectivity index is 2.45. The fourth-order valence-electron chi connectivity index (χ4n) is 2.22. The van der Waals surface area contributed by atoms with Crippen molar-refractivity contribution in [2.75, 3.05) is 0 Å². The third-order valence-electron chi connectivity index (χ3n) is 3.47. The number of hydrogen-bond donors (Lipinski definition) is 2. The summed E-state index contributed by atoms with van der Waals surface area (Å²) in [7, 11) is 0. The van der Waals surface area contributed by atoms with Crippen molar-refractivity contribution in [1.29, 1.82) is 0 Å². The van der Waals surface area contributed by atoms with Gasteiger partial charge in [0.2, 0.25) is 0 Å². The van der Waals surface area contributed by atoms with E-state index < -0.39 is 0 Å². The average molecular weight is 216 g/mol. The molecule has 2 atom stereocenters. The van der Waals surface area contributed by atoms with Gasteiger partial charge in [-0.05, 0) is 36.5 Å². The van der Waals surface area contributed by atoms with Gasteiger partial charge >= 0.3 is 0 Å². The van der Waals surface area contributed by atoms with Crippen molar-refractivity contribution in [1.82, 2.24) is 4.98 Å². The van der Waals surface area contributed by atoms with E-state index in [1.165, 1.54) is 22.0 Å². The van der Waals surface area contributed by atoms with Crippen LogP contribution >= 0.6 is 0 Å². The van der Waals surface area contributed by atoms with E-state index in [1.54, 1.807) is 0 Å². The highest BCUT2D eigenvalue weighted by molar-refractivity contribution is 5.84. The second kappa shape index (κ2) is 4.30. The molecule has 3 N–H and O–H groups in total. The Morgan fingerprint density at radius 3 is 2.81 bits per heavy atom. The fourth-order valence-corrected chi connectivity index (χ4v) is 2.22. The Kier molecular flexibility index (Phi) is 3.01. The molecule has 0 unspecified atom stereocenters. The van der Waals surface area contributed by atoms with Gasteiger partial charge in [0.1, 0.15) is 0 Å². The molecule has 2 heteroatoms. The van der Waals surface area contributed by atoms with Crippen molar-refractivity contribution in [2.45, 2.75) is 39.2 Å². The summed E-state index contributed by atoms with van der Waals surface area (Å²) >= 11 is 0. The molecule has 0 saturated carbocycles. The van der Waals surface area contributed by atoms with Crippen molar-refractivity contribution in [2.24, 2.45) is 5.73 Å². The molecule has 0 amide bonds. The number of H-pyrrole nitrogens is 1. The van der Waals surface area contributed by atoms with Gasteiger partial charge in [0.05, 0.1) is 0 Å². The van der Waals surface area contributed by atoms with Crippen LogP contribution in [0.3, 0.4) is 0 Å². The lowest BCUT2D eigenvalue weighted by molar-refractivity contribution is 0.554. The smallest absolute Gasteiger partial charge is 0.0459 e. The number of hydrogen-bond acceptors (Lipinski definition) is 1. The van der Waals surface area contributed by atoms with Gasteiger partial charge in [0.15, 0.2) is 0 Å². The molecule has 0 aliphatic carbocycles. The topological polar surface area (TPSA) is 41.8 Å². The van der Waals surface area contributed by atoms with Gasteiger partial charge < -0.3 is 10.7 Å². The van der Waals surface area contributed by atoms with Crippen LogP contribution in [0.2, 0.25) is 0 Å². The molecule has 1 aromatic carbocycles. The zero-order chi connectivity index (χ0) is 11.7. The molecule has 2 nitrogen and oxygen atoms in total. The number of nitrogens with two attached hydrogens (primary N) is 1. The third-order valence-corrected chi connectivity index (χ3v) is 3.47. The van der Waals surface area contributed by atoms with Gasteiger partial charge in [-0.15, -0.1) is 0 Å².